The molecule has 2 heterocycles. The van der Waals surface area contributed by atoms with Crippen LogP contribution in [-0.4, -0.2) is 6.61 Å². The van der Waals surface area contributed by atoms with Crippen LogP contribution in [0.4, 0.5) is 0 Å². The highest BCUT2D eigenvalue weighted by molar-refractivity contribution is 7.12. The average Bonchev–Trinajstić information content (AvgIpc) is 2.92. The molecule has 2 atom stereocenters. The van der Waals surface area contributed by atoms with Gasteiger partial charge in [0.05, 0.1) is 12.0 Å². The number of hydrogen-bond acceptors (Lipinski definition) is 2. The summed E-state index contributed by atoms with van der Waals surface area (Å²) in [7, 11) is 0. The van der Waals surface area contributed by atoms with E-state index >= 15 is 0 Å². The van der Waals surface area contributed by atoms with Crippen molar-refractivity contribution in [3.63, 3.8) is 0 Å². The lowest BCUT2D eigenvalue weighted by Crippen LogP contribution is -2.08. The van der Waals surface area contributed by atoms with Crippen LogP contribution < -0.4 is 4.74 Å². The minimum atomic E-state index is -0.00130. The molecule has 2 unspecified atom stereocenters. The van der Waals surface area contributed by atoms with Crippen molar-refractivity contribution in [3.05, 3.63) is 51.2 Å². The summed E-state index contributed by atoms with van der Waals surface area (Å²) in [5, 5.41) is -0.00130. The number of fused-ring (bicyclic) bond motifs is 1. The molecule has 0 N–H and O–H groups in total. The Labute approximate surface area is 116 Å². The Kier molecular flexibility index (Phi) is 3.08. The first-order valence-electron chi connectivity index (χ1n) is 6.09. The van der Waals surface area contributed by atoms with Gasteiger partial charge in [-0.15, -0.1) is 22.9 Å². The topological polar surface area (TPSA) is 9.23 Å². The molecular formula is C15H15ClOS. The summed E-state index contributed by atoms with van der Waals surface area (Å²) in [5.74, 6) is 1.24. The Balaban J connectivity index is 1.95. The maximum atomic E-state index is 6.69. The summed E-state index contributed by atoms with van der Waals surface area (Å²) in [6.07, 6.45) is 0. The average molecular weight is 279 g/mol. The Morgan fingerprint density at radius 3 is 2.83 bits per heavy atom. The zero-order valence-corrected chi connectivity index (χ0v) is 12.0. The maximum absolute atomic E-state index is 6.69. The first kappa shape index (κ1) is 12.1. The van der Waals surface area contributed by atoms with Gasteiger partial charge in [-0.2, -0.15) is 0 Å². The summed E-state index contributed by atoms with van der Waals surface area (Å²) >= 11 is 8.50. The van der Waals surface area contributed by atoms with Gasteiger partial charge in [0.25, 0.3) is 0 Å². The summed E-state index contributed by atoms with van der Waals surface area (Å²) in [4.78, 5) is 2.64. The summed E-state index contributed by atoms with van der Waals surface area (Å²) in [5.41, 5.74) is 2.49. The molecule has 0 radical (unpaired) electrons. The van der Waals surface area contributed by atoms with E-state index in [-0.39, 0.29) is 11.3 Å². The van der Waals surface area contributed by atoms with Crippen LogP contribution in [0.2, 0.25) is 0 Å². The third kappa shape index (κ3) is 1.94. The van der Waals surface area contributed by atoms with Crippen LogP contribution in [0.5, 0.6) is 5.75 Å². The molecule has 3 heteroatoms. The predicted molar refractivity (Wildman–Crippen MR) is 77.1 cm³/mol. The fourth-order valence-corrected chi connectivity index (χ4v) is 4.04. The van der Waals surface area contributed by atoms with Crippen LogP contribution in [0.3, 0.4) is 0 Å². The molecule has 3 rings (SSSR count). The number of hydrogen-bond donors (Lipinski definition) is 0. The second-order valence-electron chi connectivity index (χ2n) is 4.73. The van der Waals surface area contributed by atoms with E-state index in [1.807, 2.05) is 23.5 Å². The van der Waals surface area contributed by atoms with Gasteiger partial charge in [-0.3, -0.25) is 0 Å². The van der Waals surface area contributed by atoms with E-state index in [2.05, 4.69) is 32.0 Å². The number of alkyl halides is 1. The van der Waals surface area contributed by atoms with Gasteiger partial charge in [0.15, 0.2) is 0 Å². The van der Waals surface area contributed by atoms with E-state index in [4.69, 9.17) is 16.3 Å². The van der Waals surface area contributed by atoms with Crippen molar-refractivity contribution in [1.29, 1.82) is 0 Å². The molecular weight excluding hydrogens is 264 g/mol. The first-order chi connectivity index (χ1) is 8.66. The van der Waals surface area contributed by atoms with E-state index in [1.165, 1.54) is 20.9 Å². The van der Waals surface area contributed by atoms with Crippen LogP contribution in [-0.2, 0) is 0 Å². The highest BCUT2D eigenvalue weighted by atomic mass is 35.5. The normalized spacial score (nSPS) is 19.4. The number of benzene rings is 1. The van der Waals surface area contributed by atoms with Gasteiger partial charge in [-0.05, 0) is 31.5 Å². The maximum Gasteiger partial charge on any atom is 0.122 e. The number of thiophene rings is 1. The standard InChI is InChI=1S/C15H15ClOS/c1-9-7-12(10(2)18-9)15(16)13-8-17-14-6-4-3-5-11(13)14/h3-7,13,15H,8H2,1-2H3. The van der Waals surface area contributed by atoms with E-state index in [0.29, 0.717) is 6.61 Å². The van der Waals surface area contributed by atoms with Crippen molar-refractivity contribution in [2.75, 3.05) is 6.61 Å². The molecule has 2 aromatic rings. The van der Waals surface area contributed by atoms with Gasteiger partial charge in [0, 0.05) is 21.2 Å². The van der Waals surface area contributed by atoms with Gasteiger partial charge in [-0.25, -0.2) is 0 Å². The lowest BCUT2D eigenvalue weighted by molar-refractivity contribution is 0.328. The van der Waals surface area contributed by atoms with Gasteiger partial charge in [0.2, 0.25) is 0 Å². The molecule has 94 valence electrons. The highest BCUT2D eigenvalue weighted by Gasteiger charge is 2.32. The molecule has 1 aliphatic heterocycles. The minimum Gasteiger partial charge on any atom is -0.493 e. The molecule has 18 heavy (non-hydrogen) atoms. The highest BCUT2D eigenvalue weighted by Crippen LogP contribution is 2.46. The zero-order chi connectivity index (χ0) is 12.7. The molecule has 1 aliphatic rings. The minimum absolute atomic E-state index is 0.00130. The Bertz CT molecular complexity index is 576. The number of halogens is 1. The molecule has 0 saturated heterocycles. The molecule has 0 saturated carbocycles. The molecule has 1 nitrogen and oxygen atoms in total. The van der Waals surface area contributed by atoms with E-state index < -0.39 is 0 Å². The quantitative estimate of drug-likeness (QED) is 0.716. The summed E-state index contributed by atoms with van der Waals surface area (Å²) in [6, 6.07) is 10.4. The molecule has 0 aliphatic carbocycles. The van der Waals surface area contributed by atoms with Crippen molar-refractivity contribution in [1.82, 2.24) is 0 Å². The van der Waals surface area contributed by atoms with Gasteiger partial charge in [-0.1, -0.05) is 18.2 Å². The van der Waals surface area contributed by atoms with E-state index in [9.17, 15) is 0 Å². The number of aryl methyl sites for hydroxylation is 2. The number of para-hydroxylation sites is 1. The Morgan fingerprint density at radius 1 is 1.33 bits per heavy atom. The second-order valence-corrected chi connectivity index (χ2v) is 6.66. The fraction of sp³-hybridized carbons (Fsp3) is 0.333. The predicted octanol–water partition coefficient (Wildman–Crippen LogP) is 4.82. The van der Waals surface area contributed by atoms with Crippen LogP contribution >= 0.6 is 22.9 Å². The van der Waals surface area contributed by atoms with Gasteiger partial charge >= 0.3 is 0 Å². The molecule has 0 spiro atoms. The Morgan fingerprint density at radius 2 is 2.11 bits per heavy atom. The van der Waals surface area contributed by atoms with Crippen molar-refractivity contribution in [2.45, 2.75) is 25.1 Å². The largest absolute Gasteiger partial charge is 0.493 e. The fourth-order valence-electron chi connectivity index (χ4n) is 2.57. The van der Waals surface area contributed by atoms with Gasteiger partial charge in [0.1, 0.15) is 5.75 Å². The first-order valence-corrected chi connectivity index (χ1v) is 7.35. The van der Waals surface area contributed by atoms with Crippen molar-refractivity contribution in [2.24, 2.45) is 0 Å². The number of rotatable bonds is 2. The summed E-state index contributed by atoms with van der Waals surface area (Å²) in [6.45, 7) is 4.95. The lowest BCUT2D eigenvalue weighted by atomic mass is 9.93. The van der Waals surface area contributed by atoms with Crippen LogP contribution in [0, 0.1) is 13.8 Å². The molecule has 0 bridgehead atoms. The molecule has 1 aromatic carbocycles. The zero-order valence-electron chi connectivity index (χ0n) is 10.4. The molecule has 0 amide bonds. The van der Waals surface area contributed by atoms with Crippen LogP contribution in [0.25, 0.3) is 0 Å². The van der Waals surface area contributed by atoms with Crippen LogP contribution in [0.1, 0.15) is 32.2 Å². The van der Waals surface area contributed by atoms with E-state index in [0.717, 1.165) is 5.75 Å². The third-order valence-electron chi connectivity index (χ3n) is 3.47. The number of ether oxygens (including phenoxy) is 1. The van der Waals surface area contributed by atoms with Crippen molar-refractivity contribution < 1.29 is 4.74 Å². The third-order valence-corrected chi connectivity index (χ3v) is 4.99. The van der Waals surface area contributed by atoms with Crippen molar-refractivity contribution >= 4 is 22.9 Å². The molecule has 1 aromatic heterocycles. The molecule has 0 fully saturated rings. The summed E-state index contributed by atoms with van der Waals surface area (Å²) < 4.78 is 5.72. The van der Waals surface area contributed by atoms with E-state index in [1.54, 1.807) is 0 Å². The lowest BCUT2D eigenvalue weighted by Gasteiger charge is -2.16. The van der Waals surface area contributed by atoms with Crippen LogP contribution in [0.15, 0.2) is 30.3 Å². The Hall–Kier alpha value is -0.990. The monoisotopic (exact) mass is 278 g/mol. The smallest absolute Gasteiger partial charge is 0.122 e. The SMILES string of the molecule is Cc1cc(C(Cl)C2COc3ccccc32)c(C)s1. The second kappa shape index (κ2) is 4.60. The van der Waals surface area contributed by atoms with Gasteiger partial charge < -0.3 is 4.74 Å². The van der Waals surface area contributed by atoms with Crippen molar-refractivity contribution in [3.8, 4) is 5.75 Å².